The lowest BCUT2D eigenvalue weighted by Gasteiger charge is -2.41. The Morgan fingerprint density at radius 3 is 2.52 bits per heavy atom. The summed E-state index contributed by atoms with van der Waals surface area (Å²) in [5.74, 6) is 0.958. The number of rotatable bonds is 4. The molecule has 0 saturated carbocycles. The number of likely N-dealkylation sites (N-methyl/N-ethyl adjacent to an activating group) is 1. The van der Waals surface area contributed by atoms with Gasteiger partial charge in [-0.15, -0.1) is 0 Å². The molecule has 0 spiro atoms. The normalized spacial score (nSPS) is 16.8. The monoisotopic (exact) mass is 288 g/mol. The Bertz CT molecular complexity index is 559. The van der Waals surface area contributed by atoms with E-state index in [1.807, 2.05) is 0 Å². The van der Waals surface area contributed by atoms with E-state index in [0.717, 1.165) is 12.3 Å². The van der Waals surface area contributed by atoms with Crippen LogP contribution in [0.25, 0.3) is 5.57 Å². The number of hydrogen-bond donors (Lipinski definition) is 1. The third-order valence-electron chi connectivity index (χ3n) is 4.32. The quantitative estimate of drug-likeness (QED) is 0.911. The van der Waals surface area contributed by atoms with E-state index in [-0.39, 0.29) is 5.54 Å². The molecule has 3 nitrogen and oxygen atoms in total. The molecule has 1 heterocycles. The van der Waals surface area contributed by atoms with Crippen LogP contribution < -0.4 is 15.0 Å². The molecular weight excluding hydrogens is 260 g/mol. The van der Waals surface area contributed by atoms with Crippen molar-refractivity contribution in [2.45, 2.75) is 52.7 Å². The van der Waals surface area contributed by atoms with Gasteiger partial charge in [-0.25, -0.2) is 0 Å². The lowest BCUT2D eigenvalue weighted by molar-refractivity contribution is 0.406. The van der Waals surface area contributed by atoms with Crippen LogP contribution in [0.1, 0.15) is 45.7 Å². The summed E-state index contributed by atoms with van der Waals surface area (Å²) < 4.78 is 5.61. The van der Waals surface area contributed by atoms with Crippen molar-refractivity contribution < 1.29 is 4.74 Å². The maximum atomic E-state index is 5.61. The van der Waals surface area contributed by atoms with Crippen LogP contribution in [0.5, 0.6) is 5.75 Å². The fourth-order valence-corrected chi connectivity index (χ4v) is 2.86. The molecule has 21 heavy (non-hydrogen) atoms. The van der Waals surface area contributed by atoms with Gasteiger partial charge < -0.3 is 15.0 Å². The molecule has 0 unspecified atom stereocenters. The first-order chi connectivity index (χ1) is 9.76. The van der Waals surface area contributed by atoms with Gasteiger partial charge in [-0.2, -0.15) is 0 Å². The first-order valence-electron chi connectivity index (χ1n) is 7.64. The van der Waals surface area contributed by atoms with Crippen LogP contribution in [0, 0.1) is 0 Å². The van der Waals surface area contributed by atoms with Crippen molar-refractivity contribution in [1.82, 2.24) is 5.32 Å². The maximum Gasteiger partial charge on any atom is 0.125 e. The van der Waals surface area contributed by atoms with E-state index in [1.165, 1.54) is 22.4 Å². The van der Waals surface area contributed by atoms with Gasteiger partial charge in [0.05, 0.1) is 12.6 Å². The molecule has 1 aliphatic rings. The van der Waals surface area contributed by atoms with Crippen molar-refractivity contribution in [3.63, 3.8) is 0 Å². The van der Waals surface area contributed by atoms with E-state index in [9.17, 15) is 0 Å². The molecule has 1 aromatic carbocycles. The number of anilines is 1. The highest BCUT2D eigenvalue weighted by Gasteiger charge is 2.29. The van der Waals surface area contributed by atoms with Crippen LogP contribution in [0.2, 0.25) is 0 Å². The summed E-state index contributed by atoms with van der Waals surface area (Å²) in [6.07, 6.45) is 2.33. The van der Waals surface area contributed by atoms with Crippen LogP contribution in [0.15, 0.2) is 18.2 Å². The molecule has 1 aliphatic heterocycles. The zero-order valence-corrected chi connectivity index (χ0v) is 14.4. The van der Waals surface area contributed by atoms with Crippen molar-refractivity contribution in [3.8, 4) is 5.75 Å². The van der Waals surface area contributed by atoms with E-state index in [4.69, 9.17) is 4.74 Å². The highest BCUT2D eigenvalue weighted by atomic mass is 16.5. The van der Waals surface area contributed by atoms with E-state index >= 15 is 0 Å². The Kier molecular flexibility index (Phi) is 4.33. The van der Waals surface area contributed by atoms with Crippen LogP contribution in [-0.4, -0.2) is 25.7 Å². The second-order valence-electron chi connectivity index (χ2n) is 6.76. The number of nitrogens with one attached hydrogen (secondary N) is 1. The van der Waals surface area contributed by atoms with Crippen molar-refractivity contribution in [2.75, 3.05) is 19.1 Å². The second kappa shape index (κ2) is 5.72. The number of hydrogen-bond acceptors (Lipinski definition) is 3. The fourth-order valence-electron chi connectivity index (χ4n) is 2.86. The molecule has 116 valence electrons. The molecule has 2 rings (SSSR count). The van der Waals surface area contributed by atoms with Gasteiger partial charge in [0.2, 0.25) is 0 Å². The molecule has 3 heteroatoms. The summed E-state index contributed by atoms with van der Waals surface area (Å²) in [5.41, 5.74) is 5.12. The number of ether oxygens (including phenoxy) is 1. The van der Waals surface area contributed by atoms with E-state index in [2.05, 4.69) is 70.1 Å². The molecule has 0 bridgehead atoms. The summed E-state index contributed by atoms with van der Waals surface area (Å²) in [6, 6.07) is 4.90. The Labute approximate surface area is 129 Å². The number of benzene rings is 1. The predicted octanol–water partition coefficient (Wildman–Crippen LogP) is 3.82. The van der Waals surface area contributed by atoms with Crippen LogP contribution in [0.4, 0.5) is 5.69 Å². The molecular formula is C18H28N2O. The van der Waals surface area contributed by atoms with Gasteiger partial charge in [0.15, 0.2) is 0 Å². The highest BCUT2D eigenvalue weighted by Crippen LogP contribution is 2.41. The molecule has 0 atom stereocenters. The summed E-state index contributed by atoms with van der Waals surface area (Å²) in [4.78, 5) is 2.32. The molecule has 1 aromatic rings. The molecule has 0 radical (unpaired) electrons. The minimum atomic E-state index is 0.0276. The van der Waals surface area contributed by atoms with Crippen molar-refractivity contribution >= 4 is 11.3 Å². The first kappa shape index (κ1) is 15.9. The van der Waals surface area contributed by atoms with E-state index in [0.29, 0.717) is 6.04 Å². The summed E-state index contributed by atoms with van der Waals surface area (Å²) in [5, 5.41) is 3.47. The van der Waals surface area contributed by atoms with Crippen LogP contribution in [-0.2, 0) is 6.54 Å². The molecule has 0 amide bonds. The number of nitrogens with zero attached hydrogens (tertiary/aromatic N) is 1. The van der Waals surface area contributed by atoms with Crippen molar-refractivity contribution in [2.24, 2.45) is 0 Å². The van der Waals surface area contributed by atoms with Gasteiger partial charge in [-0.3, -0.25) is 0 Å². The summed E-state index contributed by atoms with van der Waals surface area (Å²) >= 11 is 0. The number of allylic oxidation sites excluding steroid dienone is 1. The average molecular weight is 288 g/mol. The molecule has 0 saturated heterocycles. The first-order valence-corrected chi connectivity index (χ1v) is 7.64. The Hall–Kier alpha value is -1.48. The SMILES string of the molecule is COc1cc2c(cc1CNC(C)C)C(C)=CC(C)(C)N2C. The van der Waals surface area contributed by atoms with Crippen molar-refractivity contribution in [3.05, 3.63) is 29.3 Å². The standard InChI is InChI=1S/C18H28N2O/c1-12(2)19-11-14-8-15-13(3)10-18(4,5)20(6)16(15)9-17(14)21-7/h8-10,12,19H,11H2,1-7H3. The summed E-state index contributed by atoms with van der Waals surface area (Å²) in [6.45, 7) is 11.8. The topological polar surface area (TPSA) is 24.5 Å². The number of methoxy groups -OCH3 is 1. The predicted molar refractivity (Wildman–Crippen MR) is 91.1 cm³/mol. The lowest BCUT2D eigenvalue weighted by Crippen LogP contribution is -2.42. The van der Waals surface area contributed by atoms with Gasteiger partial charge in [0, 0.05) is 42.5 Å². The average Bonchev–Trinajstić information content (AvgIpc) is 2.41. The van der Waals surface area contributed by atoms with Crippen LogP contribution >= 0.6 is 0 Å². The Balaban J connectivity index is 2.48. The van der Waals surface area contributed by atoms with Crippen molar-refractivity contribution in [1.29, 1.82) is 0 Å². The van der Waals surface area contributed by atoms with E-state index < -0.39 is 0 Å². The highest BCUT2D eigenvalue weighted by molar-refractivity contribution is 5.82. The van der Waals surface area contributed by atoms with Gasteiger partial charge in [0.25, 0.3) is 0 Å². The van der Waals surface area contributed by atoms with Gasteiger partial charge in [-0.05, 0) is 32.4 Å². The smallest absolute Gasteiger partial charge is 0.125 e. The Morgan fingerprint density at radius 1 is 1.29 bits per heavy atom. The minimum absolute atomic E-state index is 0.0276. The molecule has 0 aliphatic carbocycles. The summed E-state index contributed by atoms with van der Waals surface area (Å²) in [7, 11) is 3.89. The van der Waals surface area contributed by atoms with Gasteiger partial charge in [0.1, 0.15) is 5.75 Å². The largest absolute Gasteiger partial charge is 0.496 e. The van der Waals surface area contributed by atoms with Crippen LogP contribution in [0.3, 0.4) is 0 Å². The van der Waals surface area contributed by atoms with E-state index in [1.54, 1.807) is 7.11 Å². The van der Waals surface area contributed by atoms with Gasteiger partial charge >= 0.3 is 0 Å². The Morgan fingerprint density at radius 2 is 1.95 bits per heavy atom. The number of fused-ring (bicyclic) bond motifs is 1. The molecule has 0 aromatic heterocycles. The third kappa shape index (κ3) is 3.08. The minimum Gasteiger partial charge on any atom is -0.496 e. The molecule has 1 N–H and O–H groups in total. The second-order valence-corrected chi connectivity index (χ2v) is 6.76. The fraction of sp³-hybridized carbons (Fsp3) is 0.556. The molecule has 0 fully saturated rings. The zero-order chi connectivity index (χ0) is 15.8. The lowest BCUT2D eigenvalue weighted by atomic mass is 9.88. The van der Waals surface area contributed by atoms with Gasteiger partial charge in [-0.1, -0.05) is 19.9 Å². The zero-order valence-electron chi connectivity index (χ0n) is 14.4. The maximum absolute atomic E-state index is 5.61. The third-order valence-corrected chi connectivity index (χ3v) is 4.32.